The summed E-state index contributed by atoms with van der Waals surface area (Å²) in [4.78, 5) is 0. The minimum atomic E-state index is 0.326. The fourth-order valence-electron chi connectivity index (χ4n) is 2.64. The number of allylic oxidation sites excluding steroid dienone is 9. The van der Waals surface area contributed by atoms with Gasteiger partial charge in [0.25, 0.3) is 0 Å². The van der Waals surface area contributed by atoms with Crippen LogP contribution in [0.1, 0.15) is 53.9 Å². The lowest BCUT2D eigenvalue weighted by atomic mass is 9.72. The Bertz CT molecular complexity index is 450. The maximum atomic E-state index is 3.86. The Balaban J connectivity index is 2.83. The Morgan fingerprint density at radius 2 is 1.89 bits per heavy atom. The third-order valence-corrected chi connectivity index (χ3v) is 3.80. The van der Waals surface area contributed by atoms with E-state index < -0.39 is 0 Å². The first-order chi connectivity index (χ1) is 8.83. The summed E-state index contributed by atoms with van der Waals surface area (Å²) < 4.78 is 0. The number of hydrogen-bond donors (Lipinski definition) is 0. The van der Waals surface area contributed by atoms with E-state index in [4.69, 9.17) is 0 Å². The Kier molecular flexibility index (Phi) is 5.60. The summed E-state index contributed by atoms with van der Waals surface area (Å²) in [5.74, 6) is 0. The average molecular weight is 256 g/mol. The van der Waals surface area contributed by atoms with Crippen LogP contribution >= 0.6 is 0 Å². The molecule has 1 rings (SSSR count). The van der Waals surface area contributed by atoms with Crippen LogP contribution in [-0.4, -0.2) is 0 Å². The summed E-state index contributed by atoms with van der Waals surface area (Å²) in [6.07, 6.45) is 14.7. The van der Waals surface area contributed by atoms with Gasteiger partial charge in [-0.3, -0.25) is 0 Å². The zero-order valence-electron chi connectivity index (χ0n) is 13.2. The summed E-state index contributed by atoms with van der Waals surface area (Å²) in [5.41, 5.74) is 5.76. The van der Waals surface area contributed by atoms with Gasteiger partial charge in [-0.15, -0.1) is 0 Å². The number of rotatable bonds is 4. The highest BCUT2D eigenvalue weighted by Crippen LogP contribution is 2.40. The van der Waals surface area contributed by atoms with E-state index in [0.717, 1.165) is 5.57 Å². The molecule has 0 N–H and O–H groups in total. The standard InChI is InChI=1S/C19H28/c1-15(2)9-7-10-16(3)12-13-18-17(4)11-8-14-19(18,5)6/h7,9-10,12-13H,1,8,11,14H2,2-6H3/b9-7+,13-12-,16-10+. The summed E-state index contributed by atoms with van der Waals surface area (Å²) >= 11 is 0. The van der Waals surface area contributed by atoms with Crippen LogP contribution in [0.3, 0.4) is 0 Å². The molecule has 0 spiro atoms. The van der Waals surface area contributed by atoms with Gasteiger partial charge in [0, 0.05) is 0 Å². The molecule has 0 heteroatoms. The van der Waals surface area contributed by atoms with Gasteiger partial charge in [-0.05, 0) is 51.0 Å². The topological polar surface area (TPSA) is 0 Å². The lowest BCUT2D eigenvalue weighted by Crippen LogP contribution is -2.19. The molecule has 0 radical (unpaired) electrons. The van der Waals surface area contributed by atoms with E-state index >= 15 is 0 Å². The zero-order valence-corrected chi connectivity index (χ0v) is 13.2. The maximum absolute atomic E-state index is 3.86. The SMILES string of the molecule is C=C(C)/C=C/C=C(C)/C=C\C1=C(C)CCCC1(C)C. The van der Waals surface area contributed by atoms with Gasteiger partial charge < -0.3 is 0 Å². The van der Waals surface area contributed by atoms with Crippen molar-refractivity contribution in [3.8, 4) is 0 Å². The summed E-state index contributed by atoms with van der Waals surface area (Å²) in [6, 6.07) is 0. The van der Waals surface area contributed by atoms with Crippen molar-refractivity contribution in [2.24, 2.45) is 5.41 Å². The van der Waals surface area contributed by atoms with Crippen LogP contribution in [0.4, 0.5) is 0 Å². The monoisotopic (exact) mass is 256 g/mol. The van der Waals surface area contributed by atoms with E-state index in [-0.39, 0.29) is 0 Å². The molecule has 1 aliphatic carbocycles. The Morgan fingerprint density at radius 3 is 2.47 bits per heavy atom. The van der Waals surface area contributed by atoms with Gasteiger partial charge in [0.15, 0.2) is 0 Å². The fourth-order valence-corrected chi connectivity index (χ4v) is 2.64. The van der Waals surface area contributed by atoms with Gasteiger partial charge in [-0.25, -0.2) is 0 Å². The van der Waals surface area contributed by atoms with Crippen LogP contribution in [0.2, 0.25) is 0 Å². The lowest BCUT2D eigenvalue weighted by Gasteiger charge is -2.32. The van der Waals surface area contributed by atoms with Gasteiger partial charge in [0.1, 0.15) is 0 Å². The fraction of sp³-hybridized carbons (Fsp3) is 0.474. The molecule has 0 saturated carbocycles. The molecule has 0 amide bonds. The Labute approximate surface area is 119 Å². The molecule has 0 fully saturated rings. The summed E-state index contributed by atoms with van der Waals surface area (Å²) in [5, 5.41) is 0. The van der Waals surface area contributed by atoms with E-state index in [9.17, 15) is 0 Å². The minimum absolute atomic E-state index is 0.326. The van der Waals surface area contributed by atoms with Crippen molar-refractivity contribution in [1.82, 2.24) is 0 Å². The van der Waals surface area contributed by atoms with Crippen LogP contribution in [0, 0.1) is 5.41 Å². The van der Waals surface area contributed by atoms with Crippen LogP contribution in [-0.2, 0) is 0 Å². The molecular weight excluding hydrogens is 228 g/mol. The van der Waals surface area contributed by atoms with Crippen molar-refractivity contribution < 1.29 is 0 Å². The van der Waals surface area contributed by atoms with Crippen molar-refractivity contribution in [1.29, 1.82) is 0 Å². The third kappa shape index (κ3) is 5.06. The van der Waals surface area contributed by atoms with Crippen LogP contribution in [0.15, 0.2) is 59.3 Å². The number of hydrogen-bond acceptors (Lipinski definition) is 0. The van der Waals surface area contributed by atoms with Gasteiger partial charge in [-0.1, -0.05) is 67.5 Å². The van der Waals surface area contributed by atoms with Crippen LogP contribution in [0.5, 0.6) is 0 Å². The Morgan fingerprint density at radius 1 is 1.21 bits per heavy atom. The van der Waals surface area contributed by atoms with Crippen molar-refractivity contribution >= 4 is 0 Å². The summed E-state index contributed by atoms with van der Waals surface area (Å²) in [7, 11) is 0. The predicted octanol–water partition coefficient (Wildman–Crippen LogP) is 6.15. The van der Waals surface area contributed by atoms with Gasteiger partial charge >= 0.3 is 0 Å². The molecule has 0 aromatic heterocycles. The molecule has 1 aliphatic rings. The second-order valence-electron chi connectivity index (χ2n) is 6.38. The first-order valence-electron chi connectivity index (χ1n) is 7.22. The average Bonchev–Trinajstić information content (AvgIpc) is 2.26. The molecule has 0 unspecified atom stereocenters. The van der Waals surface area contributed by atoms with Gasteiger partial charge in [0.2, 0.25) is 0 Å². The minimum Gasteiger partial charge on any atom is -0.0961 e. The smallest absolute Gasteiger partial charge is 0.0104 e. The quantitative estimate of drug-likeness (QED) is 0.529. The molecular formula is C19H28. The second kappa shape index (κ2) is 6.75. The predicted molar refractivity (Wildman–Crippen MR) is 87.2 cm³/mol. The van der Waals surface area contributed by atoms with Gasteiger partial charge in [0.05, 0.1) is 0 Å². The zero-order chi connectivity index (χ0) is 14.5. The lowest BCUT2D eigenvalue weighted by molar-refractivity contribution is 0.377. The van der Waals surface area contributed by atoms with E-state index in [1.54, 1.807) is 5.57 Å². The molecule has 0 heterocycles. The van der Waals surface area contributed by atoms with Crippen molar-refractivity contribution in [2.75, 3.05) is 0 Å². The van der Waals surface area contributed by atoms with Gasteiger partial charge in [-0.2, -0.15) is 0 Å². The van der Waals surface area contributed by atoms with E-state index in [2.05, 4.69) is 58.6 Å². The van der Waals surface area contributed by atoms with Crippen LogP contribution < -0.4 is 0 Å². The van der Waals surface area contributed by atoms with E-state index in [1.807, 2.05) is 13.0 Å². The molecule has 0 atom stereocenters. The highest BCUT2D eigenvalue weighted by Gasteiger charge is 2.26. The molecule has 0 saturated heterocycles. The molecule has 0 aromatic carbocycles. The molecule has 0 aromatic rings. The third-order valence-electron chi connectivity index (χ3n) is 3.80. The largest absolute Gasteiger partial charge is 0.0961 e. The Hall–Kier alpha value is -1.30. The van der Waals surface area contributed by atoms with E-state index in [1.165, 1.54) is 30.4 Å². The highest BCUT2D eigenvalue weighted by molar-refractivity contribution is 5.36. The molecule has 0 bridgehead atoms. The molecule has 104 valence electrons. The van der Waals surface area contributed by atoms with Crippen molar-refractivity contribution in [3.05, 3.63) is 59.3 Å². The molecule has 0 aliphatic heterocycles. The van der Waals surface area contributed by atoms with Crippen molar-refractivity contribution in [2.45, 2.75) is 53.9 Å². The first kappa shape index (κ1) is 15.8. The van der Waals surface area contributed by atoms with Crippen LogP contribution in [0.25, 0.3) is 0 Å². The normalized spacial score (nSPS) is 20.6. The highest BCUT2D eigenvalue weighted by atomic mass is 14.3. The maximum Gasteiger partial charge on any atom is -0.0104 e. The summed E-state index contributed by atoms with van der Waals surface area (Å²) in [6.45, 7) is 15.0. The first-order valence-corrected chi connectivity index (χ1v) is 7.22. The van der Waals surface area contributed by atoms with E-state index in [0.29, 0.717) is 5.41 Å². The molecule has 19 heavy (non-hydrogen) atoms. The molecule has 0 nitrogen and oxygen atoms in total. The van der Waals surface area contributed by atoms with Crippen molar-refractivity contribution in [3.63, 3.8) is 0 Å². The second-order valence-corrected chi connectivity index (χ2v) is 6.38.